The molecule has 1 aromatic carbocycles. The van der Waals surface area contributed by atoms with Crippen LogP contribution in [0.2, 0.25) is 0 Å². The van der Waals surface area contributed by atoms with Crippen molar-refractivity contribution in [1.29, 1.82) is 0 Å². The molecule has 1 aliphatic rings. The van der Waals surface area contributed by atoms with Crippen molar-refractivity contribution in [2.45, 2.75) is 19.3 Å². The minimum atomic E-state index is 1.23. The van der Waals surface area contributed by atoms with Crippen LogP contribution in [0, 0.1) is 0 Å². The fourth-order valence-corrected chi connectivity index (χ4v) is 2.14. The Bertz CT molecular complexity index is 266. The zero-order valence-corrected chi connectivity index (χ0v) is 8.60. The van der Waals surface area contributed by atoms with Crippen molar-refractivity contribution >= 4 is 22.6 Å². The first-order valence-electron chi connectivity index (χ1n) is 4.07. The van der Waals surface area contributed by atoms with Gasteiger partial charge in [0.1, 0.15) is 0 Å². The number of hydrogen-bond acceptors (Lipinski definition) is 0. The van der Waals surface area contributed by atoms with Crippen molar-refractivity contribution in [2.24, 2.45) is 0 Å². The van der Waals surface area contributed by atoms with E-state index in [1.54, 1.807) is 11.1 Å². The van der Waals surface area contributed by atoms with Crippen LogP contribution >= 0.6 is 22.6 Å². The number of halogens is 1. The summed E-state index contributed by atoms with van der Waals surface area (Å²) in [4.78, 5) is 0. The number of alkyl halides is 1. The molecule has 0 aliphatic heterocycles. The van der Waals surface area contributed by atoms with E-state index in [-0.39, 0.29) is 0 Å². The van der Waals surface area contributed by atoms with Gasteiger partial charge in [0.25, 0.3) is 0 Å². The van der Waals surface area contributed by atoms with Gasteiger partial charge in [-0.25, -0.2) is 0 Å². The second-order valence-corrected chi connectivity index (χ2v) is 4.12. The van der Waals surface area contributed by atoms with Crippen LogP contribution in [0.1, 0.15) is 16.7 Å². The summed E-state index contributed by atoms with van der Waals surface area (Å²) >= 11 is 2.43. The highest BCUT2D eigenvalue weighted by molar-refractivity contribution is 14.1. The van der Waals surface area contributed by atoms with Crippen LogP contribution in [-0.2, 0) is 19.3 Å². The van der Waals surface area contributed by atoms with E-state index in [0.29, 0.717) is 0 Å². The van der Waals surface area contributed by atoms with Gasteiger partial charge in [-0.3, -0.25) is 0 Å². The summed E-state index contributed by atoms with van der Waals surface area (Å²) in [6.07, 6.45) is 3.85. The maximum Gasteiger partial charge on any atom is 0.00358 e. The molecule has 0 N–H and O–H groups in total. The molecule has 58 valence electrons. The molecule has 11 heavy (non-hydrogen) atoms. The van der Waals surface area contributed by atoms with Crippen molar-refractivity contribution in [2.75, 3.05) is 4.43 Å². The summed E-state index contributed by atoms with van der Waals surface area (Å²) in [5.41, 5.74) is 4.67. The van der Waals surface area contributed by atoms with E-state index in [1.807, 2.05) is 0 Å². The Labute approximate surface area is 81.1 Å². The number of hydrogen-bond donors (Lipinski definition) is 0. The van der Waals surface area contributed by atoms with Gasteiger partial charge in [0, 0.05) is 4.43 Å². The minimum absolute atomic E-state index is 1.23. The maximum absolute atomic E-state index is 2.43. The average Bonchev–Trinajstić information content (AvgIpc) is 1.96. The van der Waals surface area contributed by atoms with Gasteiger partial charge < -0.3 is 0 Å². The van der Waals surface area contributed by atoms with E-state index < -0.39 is 0 Å². The SMILES string of the molecule is ICCc1ccc2c(c1)CC2. The highest BCUT2D eigenvalue weighted by atomic mass is 127. The third-order valence-electron chi connectivity index (χ3n) is 2.32. The third kappa shape index (κ3) is 1.43. The predicted molar refractivity (Wildman–Crippen MR) is 56.4 cm³/mol. The van der Waals surface area contributed by atoms with Crippen LogP contribution in [0.4, 0.5) is 0 Å². The van der Waals surface area contributed by atoms with E-state index >= 15 is 0 Å². The van der Waals surface area contributed by atoms with Crippen LogP contribution < -0.4 is 0 Å². The van der Waals surface area contributed by atoms with Gasteiger partial charge in [0.05, 0.1) is 0 Å². The highest BCUT2D eigenvalue weighted by Gasteiger charge is 2.11. The highest BCUT2D eigenvalue weighted by Crippen LogP contribution is 2.23. The van der Waals surface area contributed by atoms with Crippen LogP contribution in [0.15, 0.2) is 18.2 Å². The number of fused-ring (bicyclic) bond motifs is 1. The van der Waals surface area contributed by atoms with Crippen LogP contribution in [0.25, 0.3) is 0 Å². The molecular formula is C10H11I. The molecular weight excluding hydrogens is 247 g/mol. The lowest BCUT2D eigenvalue weighted by Crippen LogP contribution is -2.08. The van der Waals surface area contributed by atoms with E-state index in [2.05, 4.69) is 40.8 Å². The molecule has 0 aromatic heterocycles. The zero-order valence-electron chi connectivity index (χ0n) is 6.44. The monoisotopic (exact) mass is 258 g/mol. The molecule has 0 saturated carbocycles. The van der Waals surface area contributed by atoms with E-state index in [0.717, 1.165) is 0 Å². The summed E-state index contributed by atoms with van der Waals surface area (Å²) in [5.74, 6) is 0. The topological polar surface area (TPSA) is 0 Å². The van der Waals surface area contributed by atoms with Crippen molar-refractivity contribution in [1.82, 2.24) is 0 Å². The van der Waals surface area contributed by atoms with Crippen molar-refractivity contribution < 1.29 is 0 Å². The minimum Gasteiger partial charge on any atom is -0.0860 e. The van der Waals surface area contributed by atoms with Crippen LogP contribution in [0.5, 0.6) is 0 Å². The summed E-state index contributed by atoms with van der Waals surface area (Å²) in [6.45, 7) is 0. The summed E-state index contributed by atoms with van der Waals surface area (Å²) in [6, 6.07) is 6.94. The Morgan fingerprint density at radius 2 is 2.00 bits per heavy atom. The van der Waals surface area contributed by atoms with Gasteiger partial charge in [0.2, 0.25) is 0 Å². The standard InChI is InChI=1S/C10H11I/c11-6-5-8-1-2-9-3-4-10(9)7-8/h1-2,7H,3-6H2. The van der Waals surface area contributed by atoms with Gasteiger partial charge in [-0.2, -0.15) is 0 Å². The largest absolute Gasteiger partial charge is 0.0860 e. The summed E-state index contributed by atoms with van der Waals surface area (Å²) < 4.78 is 1.23. The zero-order chi connectivity index (χ0) is 7.68. The van der Waals surface area contributed by atoms with Gasteiger partial charge in [-0.15, -0.1) is 0 Å². The molecule has 0 spiro atoms. The fraction of sp³-hybridized carbons (Fsp3) is 0.400. The van der Waals surface area contributed by atoms with E-state index in [9.17, 15) is 0 Å². The lowest BCUT2D eigenvalue weighted by atomic mass is 9.87. The lowest BCUT2D eigenvalue weighted by molar-refractivity contribution is 0.834. The first kappa shape index (κ1) is 7.59. The number of rotatable bonds is 2. The number of benzene rings is 1. The molecule has 0 radical (unpaired) electrons. The fourth-order valence-electron chi connectivity index (χ4n) is 1.51. The molecule has 0 nitrogen and oxygen atoms in total. The second kappa shape index (κ2) is 3.13. The first-order valence-corrected chi connectivity index (χ1v) is 5.59. The molecule has 2 rings (SSSR count). The predicted octanol–water partition coefficient (Wildman–Crippen LogP) is 2.76. The number of aryl methyl sites for hydroxylation is 3. The summed E-state index contributed by atoms with van der Waals surface area (Å²) in [5, 5.41) is 0. The van der Waals surface area contributed by atoms with Gasteiger partial charge in [0.15, 0.2) is 0 Å². The molecule has 0 unspecified atom stereocenters. The first-order chi connectivity index (χ1) is 5.40. The Morgan fingerprint density at radius 3 is 2.55 bits per heavy atom. The van der Waals surface area contributed by atoms with Crippen molar-refractivity contribution in [3.05, 3.63) is 34.9 Å². The lowest BCUT2D eigenvalue weighted by Gasteiger charge is -2.18. The molecule has 0 heterocycles. The Kier molecular flexibility index (Phi) is 2.16. The molecule has 0 atom stereocenters. The molecule has 0 bridgehead atoms. The van der Waals surface area contributed by atoms with E-state index in [4.69, 9.17) is 0 Å². The molecule has 0 saturated heterocycles. The molecule has 1 aliphatic carbocycles. The molecule has 0 fully saturated rings. The smallest absolute Gasteiger partial charge is 0.00358 e. The third-order valence-corrected chi connectivity index (χ3v) is 2.86. The van der Waals surface area contributed by atoms with E-state index in [1.165, 1.54) is 29.3 Å². The quantitative estimate of drug-likeness (QED) is 0.565. The van der Waals surface area contributed by atoms with Crippen LogP contribution in [0.3, 0.4) is 0 Å². The Hall–Kier alpha value is -0.0500. The summed E-state index contributed by atoms with van der Waals surface area (Å²) in [7, 11) is 0. The molecule has 1 heteroatoms. The van der Waals surface area contributed by atoms with Crippen molar-refractivity contribution in [3.63, 3.8) is 0 Å². The van der Waals surface area contributed by atoms with Gasteiger partial charge in [-0.05, 0) is 36.0 Å². The van der Waals surface area contributed by atoms with Gasteiger partial charge in [-0.1, -0.05) is 40.8 Å². The Balaban J connectivity index is 2.24. The Morgan fingerprint density at radius 1 is 1.18 bits per heavy atom. The van der Waals surface area contributed by atoms with Gasteiger partial charge >= 0.3 is 0 Å². The second-order valence-electron chi connectivity index (χ2n) is 3.04. The average molecular weight is 258 g/mol. The van der Waals surface area contributed by atoms with Crippen molar-refractivity contribution in [3.8, 4) is 0 Å². The molecule has 1 aromatic rings. The maximum atomic E-state index is 2.43. The normalized spacial score (nSPS) is 13.9. The molecule has 0 amide bonds. The van der Waals surface area contributed by atoms with Crippen LogP contribution in [-0.4, -0.2) is 4.43 Å².